The van der Waals surface area contributed by atoms with Crippen molar-refractivity contribution in [2.75, 3.05) is 15.5 Å². The summed E-state index contributed by atoms with van der Waals surface area (Å²) in [6, 6.07) is 12.8. The molecule has 0 spiro atoms. The van der Waals surface area contributed by atoms with Gasteiger partial charge in [-0.25, -0.2) is 0 Å². The number of anilines is 3. The van der Waals surface area contributed by atoms with Crippen LogP contribution in [0.5, 0.6) is 0 Å². The lowest BCUT2D eigenvalue weighted by Crippen LogP contribution is -2.67. The van der Waals surface area contributed by atoms with Gasteiger partial charge in [-0.1, -0.05) is 90.7 Å². The average Bonchev–Trinajstić information content (AvgIpc) is 2.96. The molecular weight excluding hydrogens is 486 g/mol. The number of nitrogen functional groups attached to an aromatic ring is 1. The predicted octanol–water partition coefficient (Wildman–Crippen LogP) is 10.8. The minimum atomic E-state index is 0.00553. The molecule has 3 nitrogen and oxygen atoms in total. The Hall–Kier alpha value is -1.90. The van der Waals surface area contributed by atoms with Crippen molar-refractivity contribution in [1.82, 2.24) is 0 Å². The Balaban J connectivity index is 1.48. The van der Waals surface area contributed by atoms with E-state index in [0.717, 1.165) is 17.5 Å². The maximum Gasteiger partial charge on any atom is 0.110 e. The van der Waals surface area contributed by atoms with Gasteiger partial charge in [0.25, 0.3) is 0 Å². The first-order valence-corrected chi connectivity index (χ1v) is 17.4. The molecule has 2 aliphatic carbocycles. The highest BCUT2D eigenvalue weighted by Gasteiger charge is 2.48. The zero-order chi connectivity index (χ0) is 28.1. The number of nitrogens with two attached hydrogens (primary N) is 1. The molecule has 2 saturated carbocycles. The smallest absolute Gasteiger partial charge is 0.110 e. The maximum absolute atomic E-state index is 6.66. The summed E-state index contributed by atoms with van der Waals surface area (Å²) in [4.78, 5) is 5.89. The fourth-order valence-electron chi connectivity index (χ4n) is 9.07. The van der Waals surface area contributed by atoms with Crippen LogP contribution < -0.4 is 15.5 Å². The summed E-state index contributed by atoms with van der Waals surface area (Å²) in [5, 5.41) is 2.68. The number of hydrogen-bond acceptors (Lipinski definition) is 3. The van der Waals surface area contributed by atoms with Gasteiger partial charge >= 0.3 is 0 Å². The molecule has 5 rings (SSSR count). The van der Waals surface area contributed by atoms with Crippen LogP contribution in [0.1, 0.15) is 143 Å². The third kappa shape index (κ3) is 5.86. The molecule has 0 bridgehead atoms. The van der Waals surface area contributed by atoms with E-state index < -0.39 is 0 Å². The lowest BCUT2D eigenvalue weighted by Gasteiger charge is -2.61. The molecule has 2 aromatic rings. The standard InChI is InChI=1S/C37H59N3/c1-5-8-10-13-28-17-21-30(22-18-28)39-34-16-12-15-32-33(38)25-26-35(36(32)34)40(37(39,4)27-7-3)31-23-19-29(20-24-31)14-11-9-6-2/h12,15-16,25-26,28-31H,5-11,13-14,17-24,27,38H2,1-4H3. The molecule has 0 saturated heterocycles. The molecule has 1 atom stereocenters. The van der Waals surface area contributed by atoms with Crippen molar-refractivity contribution in [3.05, 3.63) is 30.3 Å². The first-order chi connectivity index (χ1) is 19.5. The van der Waals surface area contributed by atoms with Crippen molar-refractivity contribution in [1.29, 1.82) is 0 Å². The van der Waals surface area contributed by atoms with Crippen molar-refractivity contribution in [3.63, 3.8) is 0 Å². The van der Waals surface area contributed by atoms with E-state index in [1.54, 1.807) is 0 Å². The van der Waals surface area contributed by atoms with Crippen molar-refractivity contribution in [3.8, 4) is 0 Å². The molecule has 2 fully saturated rings. The van der Waals surface area contributed by atoms with Gasteiger partial charge in [0.1, 0.15) is 5.66 Å². The van der Waals surface area contributed by atoms with Gasteiger partial charge in [0.05, 0.1) is 0 Å². The molecule has 0 radical (unpaired) electrons. The average molecular weight is 546 g/mol. The quantitative estimate of drug-likeness (QED) is 0.213. The van der Waals surface area contributed by atoms with Crippen LogP contribution >= 0.6 is 0 Å². The van der Waals surface area contributed by atoms with Gasteiger partial charge in [-0.05, 0) is 94.7 Å². The largest absolute Gasteiger partial charge is 0.398 e. The van der Waals surface area contributed by atoms with Crippen molar-refractivity contribution in [2.24, 2.45) is 11.8 Å². The highest BCUT2D eigenvalue weighted by Crippen LogP contribution is 2.53. The predicted molar refractivity (Wildman–Crippen MR) is 176 cm³/mol. The highest BCUT2D eigenvalue weighted by atomic mass is 15.4. The second-order valence-electron chi connectivity index (χ2n) is 13.9. The van der Waals surface area contributed by atoms with E-state index in [9.17, 15) is 0 Å². The van der Waals surface area contributed by atoms with Crippen LogP contribution in [-0.4, -0.2) is 17.7 Å². The van der Waals surface area contributed by atoms with E-state index in [0.29, 0.717) is 12.1 Å². The van der Waals surface area contributed by atoms with E-state index in [1.165, 1.54) is 138 Å². The molecule has 0 amide bonds. The highest BCUT2D eigenvalue weighted by molar-refractivity contribution is 6.10. The van der Waals surface area contributed by atoms with E-state index in [1.807, 2.05) is 0 Å². The first-order valence-electron chi connectivity index (χ1n) is 17.4. The molecule has 3 aliphatic rings. The summed E-state index contributed by atoms with van der Waals surface area (Å²) in [6.07, 6.45) is 24.5. The van der Waals surface area contributed by atoms with Crippen LogP contribution in [0, 0.1) is 11.8 Å². The SMILES string of the molecule is CCCCCC1CCC(N2c3cccc4c(N)ccc(c34)N(C3CCC(CCCCC)CC3)C2(C)CCC)CC1. The summed E-state index contributed by atoms with van der Waals surface area (Å²) in [6.45, 7) is 9.67. The normalized spacial score (nSPS) is 28.8. The zero-order valence-corrected chi connectivity index (χ0v) is 26.4. The fourth-order valence-corrected chi connectivity index (χ4v) is 9.07. The Labute approximate surface area is 246 Å². The molecule has 0 aromatic heterocycles. The van der Waals surface area contributed by atoms with E-state index in [-0.39, 0.29) is 5.66 Å². The number of unbranched alkanes of at least 4 members (excludes halogenated alkanes) is 4. The first kappa shape index (κ1) is 29.6. The summed E-state index contributed by atoms with van der Waals surface area (Å²) in [7, 11) is 0. The Morgan fingerprint density at radius 2 is 1.20 bits per heavy atom. The maximum atomic E-state index is 6.66. The van der Waals surface area contributed by atoms with E-state index in [4.69, 9.17) is 5.73 Å². The second kappa shape index (κ2) is 13.4. The van der Waals surface area contributed by atoms with Gasteiger partial charge in [-0.15, -0.1) is 0 Å². The summed E-state index contributed by atoms with van der Waals surface area (Å²) in [5.41, 5.74) is 10.5. The van der Waals surface area contributed by atoms with Crippen LogP contribution in [0.15, 0.2) is 30.3 Å². The monoisotopic (exact) mass is 545 g/mol. The Kier molecular flexibility index (Phi) is 9.90. The van der Waals surface area contributed by atoms with Gasteiger partial charge in [0.2, 0.25) is 0 Å². The molecule has 1 aliphatic heterocycles. The molecule has 1 unspecified atom stereocenters. The summed E-state index contributed by atoms with van der Waals surface area (Å²) in [5.74, 6) is 1.87. The zero-order valence-electron chi connectivity index (χ0n) is 26.4. The van der Waals surface area contributed by atoms with Crippen LogP contribution in [0.3, 0.4) is 0 Å². The number of rotatable bonds is 12. The molecule has 3 heteroatoms. The third-order valence-electron chi connectivity index (χ3n) is 11.1. The second-order valence-corrected chi connectivity index (χ2v) is 13.9. The van der Waals surface area contributed by atoms with Gasteiger partial charge in [0, 0.05) is 39.9 Å². The molecule has 2 N–H and O–H groups in total. The van der Waals surface area contributed by atoms with Crippen LogP contribution in [0.2, 0.25) is 0 Å². The van der Waals surface area contributed by atoms with Crippen molar-refractivity contribution < 1.29 is 0 Å². The Morgan fingerprint density at radius 1 is 0.675 bits per heavy atom. The minimum Gasteiger partial charge on any atom is -0.398 e. The van der Waals surface area contributed by atoms with Gasteiger partial charge in [-0.2, -0.15) is 0 Å². The molecule has 1 heterocycles. The Bertz CT molecular complexity index is 1030. The Morgan fingerprint density at radius 3 is 1.70 bits per heavy atom. The lowest BCUT2D eigenvalue weighted by atomic mass is 9.78. The number of nitrogens with zero attached hydrogens (tertiary/aromatic N) is 2. The van der Waals surface area contributed by atoms with Crippen LogP contribution in [0.25, 0.3) is 10.8 Å². The molecule has 40 heavy (non-hydrogen) atoms. The topological polar surface area (TPSA) is 32.5 Å². The van der Waals surface area contributed by atoms with E-state index in [2.05, 4.69) is 67.8 Å². The molecule has 222 valence electrons. The fraction of sp³-hybridized carbons (Fsp3) is 0.730. The third-order valence-corrected chi connectivity index (χ3v) is 11.1. The van der Waals surface area contributed by atoms with Crippen LogP contribution in [-0.2, 0) is 0 Å². The number of benzene rings is 2. The molecular formula is C37H59N3. The van der Waals surface area contributed by atoms with Gasteiger partial charge < -0.3 is 15.5 Å². The summed E-state index contributed by atoms with van der Waals surface area (Å²) >= 11 is 0. The number of hydrogen-bond donors (Lipinski definition) is 1. The van der Waals surface area contributed by atoms with E-state index >= 15 is 0 Å². The van der Waals surface area contributed by atoms with Crippen LogP contribution in [0.4, 0.5) is 17.1 Å². The molecule has 2 aromatic carbocycles. The summed E-state index contributed by atoms with van der Waals surface area (Å²) < 4.78 is 0. The minimum absolute atomic E-state index is 0.00553. The lowest BCUT2D eigenvalue weighted by molar-refractivity contribution is 0.217. The van der Waals surface area contributed by atoms with Gasteiger partial charge in [-0.3, -0.25) is 0 Å². The van der Waals surface area contributed by atoms with Crippen molar-refractivity contribution >= 4 is 27.8 Å². The van der Waals surface area contributed by atoms with Crippen molar-refractivity contribution in [2.45, 2.75) is 161 Å². The van der Waals surface area contributed by atoms with Gasteiger partial charge in [0.15, 0.2) is 0 Å².